The van der Waals surface area contributed by atoms with E-state index in [1.807, 2.05) is 36.4 Å². The van der Waals surface area contributed by atoms with Crippen LogP contribution in [0.3, 0.4) is 0 Å². The van der Waals surface area contributed by atoms with Crippen molar-refractivity contribution in [3.63, 3.8) is 0 Å². The molecule has 0 aliphatic carbocycles. The number of carbonyl (C=O) groups is 1. The van der Waals surface area contributed by atoms with Gasteiger partial charge < -0.3 is 5.11 Å². The third-order valence-corrected chi connectivity index (χ3v) is 2.92. The quantitative estimate of drug-likeness (QED) is 0.761. The number of hydrogen-bond donors (Lipinski definition) is 1. The van der Waals surface area contributed by atoms with Gasteiger partial charge >= 0.3 is 5.97 Å². The second kappa shape index (κ2) is 4.20. The number of fused-ring (bicyclic) bond motifs is 1. The summed E-state index contributed by atoms with van der Waals surface area (Å²) in [6.45, 7) is 1.67. The molecular weight excluding hydrogens is 242 g/mol. The maximum Gasteiger partial charge on any atom is 0.356 e. The zero-order valence-electron chi connectivity index (χ0n) is 10.2. The highest BCUT2D eigenvalue weighted by atomic mass is 16.4. The molecule has 0 aliphatic heterocycles. The fraction of sp³-hybridized carbons (Fsp3) is 0.0714. The number of carboxylic acids is 1. The normalized spacial score (nSPS) is 10.8. The zero-order valence-corrected chi connectivity index (χ0v) is 10.2. The summed E-state index contributed by atoms with van der Waals surface area (Å²) in [4.78, 5) is 15.4. The number of carboxylic acid groups (broad SMARTS) is 1. The predicted molar refractivity (Wildman–Crippen MR) is 70.1 cm³/mol. The Balaban J connectivity index is 2.25. The van der Waals surface area contributed by atoms with Crippen LogP contribution in [0, 0.1) is 6.92 Å². The molecule has 0 bridgehead atoms. The Morgan fingerprint density at radius 2 is 1.89 bits per heavy atom. The average Bonchev–Trinajstić information content (AvgIpc) is 2.74. The largest absolute Gasteiger partial charge is 0.476 e. The fourth-order valence-corrected chi connectivity index (χ4v) is 2.05. The van der Waals surface area contributed by atoms with Crippen molar-refractivity contribution >= 4 is 11.6 Å². The van der Waals surface area contributed by atoms with Gasteiger partial charge in [0.05, 0.1) is 11.4 Å². The highest BCUT2D eigenvalue weighted by molar-refractivity contribution is 5.88. The van der Waals surface area contributed by atoms with Crippen LogP contribution in [0.15, 0.2) is 42.5 Å². The molecule has 0 unspecified atom stereocenters. The Hall–Kier alpha value is -2.69. The van der Waals surface area contributed by atoms with Crippen molar-refractivity contribution in [1.29, 1.82) is 0 Å². The molecule has 1 N–H and O–H groups in total. The van der Waals surface area contributed by atoms with Crippen LogP contribution in [0.4, 0.5) is 0 Å². The molecule has 0 saturated carbocycles. The van der Waals surface area contributed by atoms with Crippen molar-refractivity contribution in [2.75, 3.05) is 0 Å². The molecular formula is C14H11N3O2. The van der Waals surface area contributed by atoms with Gasteiger partial charge in [0.1, 0.15) is 0 Å². The van der Waals surface area contributed by atoms with Crippen molar-refractivity contribution < 1.29 is 9.90 Å². The van der Waals surface area contributed by atoms with Crippen molar-refractivity contribution in [2.24, 2.45) is 0 Å². The van der Waals surface area contributed by atoms with Gasteiger partial charge in [-0.1, -0.05) is 30.3 Å². The SMILES string of the molecule is Cc1nc2ccc(-c3ccccc3)nn2c1C(=O)O. The Bertz CT molecular complexity index is 763. The lowest BCUT2D eigenvalue weighted by molar-refractivity contribution is 0.0687. The van der Waals surface area contributed by atoms with Gasteiger partial charge in [-0.3, -0.25) is 0 Å². The van der Waals surface area contributed by atoms with Gasteiger partial charge in [-0.05, 0) is 19.1 Å². The molecule has 0 atom stereocenters. The van der Waals surface area contributed by atoms with Crippen LogP contribution in [-0.2, 0) is 0 Å². The molecule has 0 amide bonds. The molecule has 5 heteroatoms. The first-order valence-electron chi connectivity index (χ1n) is 5.82. The van der Waals surface area contributed by atoms with E-state index in [0.717, 1.165) is 5.56 Å². The van der Waals surface area contributed by atoms with E-state index in [1.54, 1.807) is 13.0 Å². The van der Waals surface area contributed by atoms with Crippen molar-refractivity contribution in [3.8, 4) is 11.3 Å². The van der Waals surface area contributed by atoms with Gasteiger partial charge in [0.2, 0.25) is 0 Å². The van der Waals surface area contributed by atoms with Crippen LogP contribution in [0.1, 0.15) is 16.2 Å². The average molecular weight is 253 g/mol. The lowest BCUT2D eigenvalue weighted by Gasteiger charge is -2.02. The monoisotopic (exact) mass is 253 g/mol. The van der Waals surface area contributed by atoms with Gasteiger partial charge in [0.25, 0.3) is 0 Å². The predicted octanol–water partition coefficient (Wildman–Crippen LogP) is 2.40. The molecule has 3 aromatic rings. The number of rotatable bonds is 2. The van der Waals surface area contributed by atoms with E-state index in [0.29, 0.717) is 17.0 Å². The third kappa shape index (κ3) is 1.85. The maximum absolute atomic E-state index is 11.2. The summed E-state index contributed by atoms with van der Waals surface area (Å²) in [7, 11) is 0. The number of aryl methyl sites for hydroxylation is 1. The first-order chi connectivity index (χ1) is 9.16. The van der Waals surface area contributed by atoms with E-state index in [9.17, 15) is 9.90 Å². The Kier molecular flexibility index (Phi) is 2.52. The highest BCUT2D eigenvalue weighted by Gasteiger charge is 2.16. The third-order valence-electron chi connectivity index (χ3n) is 2.92. The second-order valence-corrected chi connectivity index (χ2v) is 4.21. The Morgan fingerprint density at radius 1 is 1.16 bits per heavy atom. The van der Waals surface area contributed by atoms with Gasteiger partial charge in [0, 0.05) is 5.56 Å². The smallest absolute Gasteiger partial charge is 0.356 e. The van der Waals surface area contributed by atoms with Crippen molar-refractivity contribution in [1.82, 2.24) is 14.6 Å². The highest BCUT2D eigenvalue weighted by Crippen LogP contribution is 2.18. The molecule has 0 fully saturated rings. The van der Waals surface area contributed by atoms with Crippen LogP contribution < -0.4 is 0 Å². The van der Waals surface area contributed by atoms with Crippen LogP contribution in [-0.4, -0.2) is 25.7 Å². The number of aromatic carboxylic acids is 1. The molecule has 0 spiro atoms. The summed E-state index contributed by atoms with van der Waals surface area (Å²) >= 11 is 0. The first-order valence-corrected chi connectivity index (χ1v) is 5.82. The maximum atomic E-state index is 11.2. The van der Waals surface area contributed by atoms with Crippen LogP contribution in [0.5, 0.6) is 0 Å². The lowest BCUT2D eigenvalue weighted by Crippen LogP contribution is -2.06. The number of imidazole rings is 1. The minimum absolute atomic E-state index is 0.104. The molecule has 94 valence electrons. The summed E-state index contributed by atoms with van der Waals surface area (Å²) in [5, 5.41) is 13.6. The van der Waals surface area contributed by atoms with Gasteiger partial charge in [-0.15, -0.1) is 0 Å². The van der Waals surface area contributed by atoms with Crippen LogP contribution in [0.2, 0.25) is 0 Å². The summed E-state index contributed by atoms with van der Waals surface area (Å²) in [5.41, 5.74) is 2.76. The molecule has 0 saturated heterocycles. The van der Waals surface area contributed by atoms with E-state index in [-0.39, 0.29) is 5.69 Å². The minimum atomic E-state index is -1.03. The van der Waals surface area contributed by atoms with Crippen molar-refractivity contribution in [2.45, 2.75) is 6.92 Å². The molecule has 2 heterocycles. The molecule has 0 aliphatic rings. The van der Waals surface area contributed by atoms with E-state index in [1.165, 1.54) is 4.52 Å². The number of benzene rings is 1. The van der Waals surface area contributed by atoms with E-state index < -0.39 is 5.97 Å². The van der Waals surface area contributed by atoms with Gasteiger partial charge in [-0.25, -0.2) is 14.3 Å². The summed E-state index contributed by atoms with van der Waals surface area (Å²) < 4.78 is 1.38. The molecule has 2 aromatic heterocycles. The molecule has 19 heavy (non-hydrogen) atoms. The van der Waals surface area contributed by atoms with Crippen LogP contribution in [0.25, 0.3) is 16.9 Å². The Morgan fingerprint density at radius 3 is 2.58 bits per heavy atom. The summed E-state index contributed by atoms with van der Waals surface area (Å²) in [6.07, 6.45) is 0. The Labute approximate surface area is 109 Å². The summed E-state index contributed by atoms with van der Waals surface area (Å²) in [5.74, 6) is -1.03. The number of hydrogen-bond acceptors (Lipinski definition) is 3. The number of nitrogens with zero attached hydrogens (tertiary/aromatic N) is 3. The van der Waals surface area contributed by atoms with Gasteiger partial charge in [-0.2, -0.15) is 5.10 Å². The van der Waals surface area contributed by atoms with Gasteiger partial charge in [0.15, 0.2) is 11.3 Å². The summed E-state index contributed by atoms with van der Waals surface area (Å²) in [6, 6.07) is 13.2. The van der Waals surface area contributed by atoms with E-state index >= 15 is 0 Å². The van der Waals surface area contributed by atoms with E-state index in [4.69, 9.17) is 0 Å². The molecule has 1 aromatic carbocycles. The standard InChI is InChI=1S/C14H11N3O2/c1-9-13(14(18)19)17-12(15-9)8-7-11(16-17)10-5-3-2-4-6-10/h2-8H,1H3,(H,18,19). The second-order valence-electron chi connectivity index (χ2n) is 4.21. The first kappa shape index (κ1) is 11.4. The lowest BCUT2D eigenvalue weighted by atomic mass is 10.1. The topological polar surface area (TPSA) is 67.5 Å². The van der Waals surface area contributed by atoms with E-state index in [2.05, 4.69) is 10.1 Å². The molecule has 5 nitrogen and oxygen atoms in total. The number of aromatic nitrogens is 3. The van der Waals surface area contributed by atoms with Crippen LogP contribution >= 0.6 is 0 Å². The molecule has 3 rings (SSSR count). The zero-order chi connectivity index (χ0) is 13.4. The van der Waals surface area contributed by atoms with Crippen molar-refractivity contribution in [3.05, 3.63) is 53.9 Å². The minimum Gasteiger partial charge on any atom is -0.476 e. The molecule has 0 radical (unpaired) electrons. The fourth-order valence-electron chi connectivity index (χ4n) is 2.05.